The zero-order valence-electron chi connectivity index (χ0n) is 10.8. The van der Waals surface area contributed by atoms with Crippen molar-refractivity contribution in [3.8, 4) is 0 Å². The number of thioether (sulfide) groups is 1. The molecular formula is C14H20N2OS. The van der Waals surface area contributed by atoms with E-state index in [-0.39, 0.29) is 11.2 Å². The summed E-state index contributed by atoms with van der Waals surface area (Å²) in [5.41, 5.74) is 0. The van der Waals surface area contributed by atoms with E-state index in [1.54, 1.807) is 18.0 Å². The van der Waals surface area contributed by atoms with E-state index in [1.165, 1.54) is 12.8 Å². The summed E-state index contributed by atoms with van der Waals surface area (Å²) < 4.78 is 0. The molecule has 0 N–H and O–H groups in total. The van der Waals surface area contributed by atoms with E-state index in [0.29, 0.717) is 0 Å². The Labute approximate surface area is 113 Å². The maximum Gasteiger partial charge on any atom is 0.235 e. The van der Waals surface area contributed by atoms with Crippen LogP contribution in [0.4, 0.5) is 0 Å². The van der Waals surface area contributed by atoms with Gasteiger partial charge in [-0.1, -0.05) is 30.7 Å². The van der Waals surface area contributed by atoms with Crippen molar-refractivity contribution < 1.29 is 4.79 Å². The summed E-state index contributed by atoms with van der Waals surface area (Å²) in [6.45, 7) is 3.82. The molecule has 1 aromatic rings. The van der Waals surface area contributed by atoms with Crippen LogP contribution in [0.5, 0.6) is 0 Å². The third kappa shape index (κ3) is 3.73. The minimum atomic E-state index is -0.0435. The maximum absolute atomic E-state index is 12.3. The smallest absolute Gasteiger partial charge is 0.235 e. The zero-order valence-corrected chi connectivity index (χ0v) is 11.7. The van der Waals surface area contributed by atoms with Gasteiger partial charge in [0.1, 0.15) is 0 Å². The summed E-state index contributed by atoms with van der Waals surface area (Å²) in [6.07, 6.45) is 6.57. The van der Waals surface area contributed by atoms with Crippen molar-refractivity contribution >= 4 is 17.7 Å². The molecule has 18 heavy (non-hydrogen) atoms. The number of aromatic nitrogens is 1. The van der Waals surface area contributed by atoms with Crippen LogP contribution in [0.1, 0.15) is 32.6 Å². The second-order valence-electron chi connectivity index (χ2n) is 4.67. The Balaban J connectivity index is 1.91. The highest BCUT2D eigenvalue weighted by atomic mass is 32.2. The highest BCUT2D eigenvalue weighted by Crippen LogP contribution is 2.23. The van der Waals surface area contributed by atoms with Crippen molar-refractivity contribution in [2.45, 2.75) is 42.9 Å². The van der Waals surface area contributed by atoms with Crippen LogP contribution in [0.25, 0.3) is 0 Å². The summed E-state index contributed by atoms with van der Waals surface area (Å²) >= 11 is 1.55. The van der Waals surface area contributed by atoms with Gasteiger partial charge in [-0.25, -0.2) is 4.98 Å². The number of hydrogen-bond acceptors (Lipinski definition) is 3. The van der Waals surface area contributed by atoms with Gasteiger partial charge in [-0.2, -0.15) is 0 Å². The van der Waals surface area contributed by atoms with Gasteiger partial charge >= 0.3 is 0 Å². The predicted molar refractivity (Wildman–Crippen MR) is 74.6 cm³/mol. The van der Waals surface area contributed by atoms with Crippen molar-refractivity contribution in [1.82, 2.24) is 9.88 Å². The fourth-order valence-corrected chi connectivity index (χ4v) is 3.09. The largest absolute Gasteiger partial charge is 0.342 e. The lowest BCUT2D eigenvalue weighted by atomic mass is 10.2. The van der Waals surface area contributed by atoms with Crippen molar-refractivity contribution in [3.05, 3.63) is 24.4 Å². The fourth-order valence-electron chi connectivity index (χ4n) is 2.20. The van der Waals surface area contributed by atoms with Crippen LogP contribution < -0.4 is 0 Å². The first kappa shape index (κ1) is 13.4. The van der Waals surface area contributed by atoms with E-state index in [0.717, 1.165) is 31.0 Å². The highest BCUT2D eigenvalue weighted by molar-refractivity contribution is 8.00. The highest BCUT2D eigenvalue weighted by Gasteiger charge is 2.22. The number of amides is 1. The van der Waals surface area contributed by atoms with Gasteiger partial charge in [-0.3, -0.25) is 4.79 Å². The molecule has 4 heteroatoms. The molecule has 1 aliphatic rings. The SMILES string of the molecule is CC(Sc1ccccn1)C(=O)N1CCCCCC1. The molecule has 1 saturated heterocycles. The monoisotopic (exact) mass is 264 g/mol. The number of hydrogen-bond donors (Lipinski definition) is 0. The number of carbonyl (C=O) groups is 1. The number of nitrogens with zero attached hydrogens (tertiary/aromatic N) is 2. The molecule has 1 amide bonds. The van der Waals surface area contributed by atoms with Crippen LogP contribution >= 0.6 is 11.8 Å². The molecule has 2 heterocycles. The lowest BCUT2D eigenvalue weighted by molar-refractivity contribution is -0.130. The minimum Gasteiger partial charge on any atom is -0.342 e. The van der Waals surface area contributed by atoms with Gasteiger partial charge in [-0.15, -0.1) is 0 Å². The van der Waals surface area contributed by atoms with Crippen LogP contribution in [0.3, 0.4) is 0 Å². The second-order valence-corrected chi connectivity index (χ2v) is 6.03. The Morgan fingerprint density at radius 1 is 1.28 bits per heavy atom. The number of carbonyl (C=O) groups excluding carboxylic acids is 1. The number of pyridine rings is 1. The summed E-state index contributed by atoms with van der Waals surface area (Å²) in [6, 6.07) is 5.81. The fraction of sp³-hybridized carbons (Fsp3) is 0.571. The van der Waals surface area contributed by atoms with Crippen LogP contribution in [-0.4, -0.2) is 34.1 Å². The van der Waals surface area contributed by atoms with Gasteiger partial charge in [0.15, 0.2) is 0 Å². The Morgan fingerprint density at radius 2 is 2.00 bits per heavy atom. The summed E-state index contributed by atoms with van der Waals surface area (Å²) in [7, 11) is 0. The van der Waals surface area contributed by atoms with E-state index in [1.807, 2.05) is 30.0 Å². The topological polar surface area (TPSA) is 33.2 Å². The lowest BCUT2D eigenvalue weighted by Crippen LogP contribution is -2.37. The van der Waals surface area contributed by atoms with E-state index < -0.39 is 0 Å². The van der Waals surface area contributed by atoms with Gasteiger partial charge in [-0.05, 0) is 31.9 Å². The molecule has 0 aliphatic carbocycles. The van der Waals surface area contributed by atoms with E-state index in [9.17, 15) is 4.79 Å². The number of rotatable bonds is 3. The maximum atomic E-state index is 12.3. The van der Waals surface area contributed by atoms with Gasteiger partial charge in [0.2, 0.25) is 5.91 Å². The molecule has 3 nitrogen and oxygen atoms in total. The standard InChI is InChI=1S/C14H20N2OS/c1-12(18-13-8-4-5-9-15-13)14(17)16-10-6-2-3-7-11-16/h4-5,8-9,12H,2-3,6-7,10-11H2,1H3. The van der Waals surface area contributed by atoms with E-state index in [4.69, 9.17) is 0 Å². The summed E-state index contributed by atoms with van der Waals surface area (Å²) in [4.78, 5) is 18.6. The summed E-state index contributed by atoms with van der Waals surface area (Å²) in [5.74, 6) is 0.257. The van der Waals surface area contributed by atoms with Gasteiger partial charge < -0.3 is 4.90 Å². The molecule has 1 fully saturated rings. The molecule has 0 bridgehead atoms. The third-order valence-corrected chi connectivity index (χ3v) is 4.24. The lowest BCUT2D eigenvalue weighted by Gasteiger charge is -2.23. The average Bonchev–Trinajstić information content (AvgIpc) is 2.68. The molecule has 1 aliphatic heterocycles. The minimum absolute atomic E-state index is 0.0435. The first-order valence-electron chi connectivity index (χ1n) is 6.64. The van der Waals surface area contributed by atoms with E-state index >= 15 is 0 Å². The Morgan fingerprint density at radius 3 is 2.61 bits per heavy atom. The first-order chi connectivity index (χ1) is 8.77. The van der Waals surface area contributed by atoms with Crippen molar-refractivity contribution in [2.24, 2.45) is 0 Å². The van der Waals surface area contributed by atoms with Gasteiger partial charge in [0.05, 0.1) is 10.3 Å². The van der Waals surface area contributed by atoms with E-state index in [2.05, 4.69) is 4.98 Å². The molecule has 0 saturated carbocycles. The second kappa shape index (κ2) is 6.78. The Hall–Kier alpha value is -1.03. The van der Waals surface area contributed by atoms with Crippen molar-refractivity contribution in [1.29, 1.82) is 0 Å². The quantitative estimate of drug-likeness (QED) is 0.787. The molecule has 0 aromatic carbocycles. The molecule has 1 atom stereocenters. The van der Waals surface area contributed by atoms with Gasteiger partial charge in [0, 0.05) is 19.3 Å². The Bertz CT molecular complexity index is 375. The average molecular weight is 264 g/mol. The predicted octanol–water partition coefficient (Wildman–Crippen LogP) is 2.96. The Kier molecular flexibility index (Phi) is 5.05. The first-order valence-corrected chi connectivity index (χ1v) is 7.52. The van der Waals surface area contributed by atoms with Crippen LogP contribution in [-0.2, 0) is 4.79 Å². The molecular weight excluding hydrogens is 244 g/mol. The normalized spacial score (nSPS) is 18.2. The molecule has 98 valence electrons. The van der Waals surface area contributed by atoms with Crippen LogP contribution in [0.15, 0.2) is 29.4 Å². The van der Waals surface area contributed by atoms with Crippen molar-refractivity contribution in [2.75, 3.05) is 13.1 Å². The molecule has 1 unspecified atom stereocenters. The molecule has 1 aromatic heterocycles. The molecule has 2 rings (SSSR count). The van der Waals surface area contributed by atoms with Crippen LogP contribution in [0.2, 0.25) is 0 Å². The molecule has 0 spiro atoms. The van der Waals surface area contributed by atoms with Crippen LogP contribution in [0, 0.1) is 0 Å². The van der Waals surface area contributed by atoms with Gasteiger partial charge in [0.25, 0.3) is 0 Å². The van der Waals surface area contributed by atoms with Crippen molar-refractivity contribution in [3.63, 3.8) is 0 Å². The molecule has 0 radical (unpaired) electrons. The summed E-state index contributed by atoms with van der Waals surface area (Å²) in [5, 5.41) is 0.881. The number of likely N-dealkylation sites (tertiary alicyclic amines) is 1. The zero-order chi connectivity index (χ0) is 12.8. The third-order valence-electron chi connectivity index (χ3n) is 3.20.